The van der Waals surface area contributed by atoms with Gasteiger partial charge in [-0.15, -0.1) is 10.2 Å². The van der Waals surface area contributed by atoms with Crippen LogP contribution in [0.4, 0.5) is 11.6 Å². The molecule has 0 N–H and O–H groups in total. The number of aromatic nitrogens is 2. The summed E-state index contributed by atoms with van der Waals surface area (Å²) in [5.74, 6) is 1.46. The fourth-order valence-electron chi connectivity index (χ4n) is 4.98. The second kappa shape index (κ2) is 9.04. The summed E-state index contributed by atoms with van der Waals surface area (Å²) in [4.78, 5) is 45.8. The Morgan fingerprint density at radius 3 is 1.82 bits per heavy atom. The quantitative estimate of drug-likeness (QED) is 0.643. The number of piperazine rings is 1. The molecule has 2 saturated heterocycles. The summed E-state index contributed by atoms with van der Waals surface area (Å²) < 4.78 is 0. The van der Waals surface area contributed by atoms with Gasteiger partial charge in [0, 0.05) is 39.3 Å². The minimum Gasteiger partial charge on any atom is -0.355 e. The van der Waals surface area contributed by atoms with Gasteiger partial charge in [-0.3, -0.25) is 19.3 Å². The predicted molar refractivity (Wildman–Crippen MR) is 128 cm³/mol. The lowest BCUT2D eigenvalue weighted by Gasteiger charge is -2.37. The third kappa shape index (κ3) is 3.99. The molecule has 5 rings (SSSR count). The summed E-state index contributed by atoms with van der Waals surface area (Å²) in [7, 11) is 0. The first-order chi connectivity index (χ1) is 16.4. The number of benzene rings is 1. The second-order valence-corrected chi connectivity index (χ2v) is 9.43. The maximum atomic E-state index is 13.1. The number of imide groups is 1. The van der Waals surface area contributed by atoms with Crippen molar-refractivity contribution in [1.82, 2.24) is 20.0 Å². The Hall–Kier alpha value is -3.49. The van der Waals surface area contributed by atoms with Crippen LogP contribution in [0.25, 0.3) is 0 Å². The second-order valence-electron chi connectivity index (χ2n) is 9.43. The molecule has 0 radical (unpaired) electrons. The molecule has 3 amide bonds. The van der Waals surface area contributed by atoms with Crippen molar-refractivity contribution in [2.45, 2.75) is 32.7 Å². The maximum Gasteiger partial charge on any atom is 0.262 e. The molecule has 0 bridgehead atoms. The highest BCUT2D eigenvalue weighted by atomic mass is 16.2. The van der Waals surface area contributed by atoms with E-state index in [0.717, 1.165) is 35.5 Å². The van der Waals surface area contributed by atoms with Gasteiger partial charge in [0.1, 0.15) is 6.04 Å². The van der Waals surface area contributed by atoms with Gasteiger partial charge >= 0.3 is 0 Å². The third-order valence-electron chi connectivity index (χ3n) is 7.23. The Labute approximate surface area is 199 Å². The third-order valence-corrected chi connectivity index (χ3v) is 7.23. The molecule has 34 heavy (non-hydrogen) atoms. The number of carbonyl (C=O) groups is 3. The van der Waals surface area contributed by atoms with Gasteiger partial charge in [-0.25, -0.2) is 0 Å². The minimum absolute atomic E-state index is 0.213. The highest BCUT2D eigenvalue weighted by Gasteiger charge is 2.42. The number of carbonyl (C=O) groups excluding carboxylic acids is 3. The fraction of sp³-hybridized carbons (Fsp3) is 0.480. The first kappa shape index (κ1) is 22.3. The SMILES string of the molecule is CC1CCN(c2ccc(N3CCN(C(=O)C(C)N4C(=O)c5ccccc5C4=O)CC3)nn2)CC1. The molecule has 9 heteroatoms. The van der Waals surface area contributed by atoms with E-state index in [1.165, 1.54) is 12.8 Å². The van der Waals surface area contributed by atoms with E-state index in [-0.39, 0.29) is 5.91 Å². The van der Waals surface area contributed by atoms with Gasteiger partial charge in [0.25, 0.3) is 11.8 Å². The van der Waals surface area contributed by atoms with Crippen molar-refractivity contribution in [2.75, 3.05) is 49.1 Å². The molecular formula is C25H30N6O3. The Balaban J connectivity index is 1.18. The maximum absolute atomic E-state index is 13.1. The number of rotatable bonds is 4. The molecule has 1 aromatic carbocycles. The fourth-order valence-corrected chi connectivity index (χ4v) is 4.98. The lowest BCUT2D eigenvalue weighted by Crippen LogP contribution is -2.55. The number of anilines is 2. The smallest absolute Gasteiger partial charge is 0.262 e. The zero-order valence-corrected chi connectivity index (χ0v) is 19.7. The first-order valence-corrected chi connectivity index (χ1v) is 12.0. The van der Waals surface area contributed by atoms with Crippen LogP contribution < -0.4 is 9.80 Å². The van der Waals surface area contributed by atoms with Crippen molar-refractivity contribution in [3.8, 4) is 0 Å². The average molecular weight is 463 g/mol. The molecule has 1 atom stereocenters. The Bertz CT molecular complexity index is 1050. The highest BCUT2D eigenvalue weighted by Crippen LogP contribution is 2.26. The number of nitrogens with zero attached hydrogens (tertiary/aromatic N) is 6. The summed E-state index contributed by atoms with van der Waals surface area (Å²) >= 11 is 0. The Morgan fingerprint density at radius 1 is 0.824 bits per heavy atom. The van der Waals surface area contributed by atoms with Crippen molar-refractivity contribution in [3.05, 3.63) is 47.5 Å². The molecule has 3 aliphatic rings. The molecule has 3 aliphatic heterocycles. The Morgan fingerprint density at radius 2 is 1.32 bits per heavy atom. The van der Waals surface area contributed by atoms with E-state index in [1.54, 1.807) is 36.1 Å². The molecule has 9 nitrogen and oxygen atoms in total. The van der Waals surface area contributed by atoms with Gasteiger partial charge in [0.15, 0.2) is 11.6 Å². The van der Waals surface area contributed by atoms with Crippen LogP contribution >= 0.6 is 0 Å². The normalized spacial score (nSPS) is 20.1. The summed E-state index contributed by atoms with van der Waals surface area (Å²) in [6.07, 6.45) is 2.36. The Kier molecular flexibility index (Phi) is 5.93. The van der Waals surface area contributed by atoms with Crippen LogP contribution in [0, 0.1) is 5.92 Å². The number of hydrogen-bond acceptors (Lipinski definition) is 7. The zero-order valence-electron chi connectivity index (χ0n) is 19.7. The van der Waals surface area contributed by atoms with Gasteiger partial charge in [0.05, 0.1) is 11.1 Å². The topological polar surface area (TPSA) is 90.0 Å². The molecule has 2 aromatic rings. The average Bonchev–Trinajstić information content (AvgIpc) is 3.14. The van der Waals surface area contributed by atoms with E-state index in [1.807, 2.05) is 12.1 Å². The molecule has 0 saturated carbocycles. The summed E-state index contributed by atoms with van der Waals surface area (Å²) in [6, 6.07) is 9.89. The summed E-state index contributed by atoms with van der Waals surface area (Å²) in [5.41, 5.74) is 0.719. The predicted octanol–water partition coefficient (Wildman–Crippen LogP) is 2.05. The molecule has 178 valence electrons. The number of piperidine rings is 1. The van der Waals surface area contributed by atoms with E-state index in [4.69, 9.17) is 0 Å². The highest BCUT2D eigenvalue weighted by molar-refractivity contribution is 6.22. The summed E-state index contributed by atoms with van der Waals surface area (Å²) in [6.45, 7) is 8.19. The number of amides is 3. The van der Waals surface area contributed by atoms with Crippen molar-refractivity contribution in [2.24, 2.45) is 5.92 Å². The van der Waals surface area contributed by atoms with Gasteiger partial charge in [-0.1, -0.05) is 19.1 Å². The molecule has 0 spiro atoms. The summed E-state index contributed by atoms with van der Waals surface area (Å²) in [5, 5.41) is 8.89. The van der Waals surface area contributed by atoms with E-state index in [9.17, 15) is 14.4 Å². The first-order valence-electron chi connectivity index (χ1n) is 12.0. The lowest BCUT2D eigenvalue weighted by atomic mass is 9.99. The van der Waals surface area contributed by atoms with Crippen molar-refractivity contribution < 1.29 is 14.4 Å². The lowest BCUT2D eigenvalue weighted by molar-refractivity contribution is -0.135. The van der Waals surface area contributed by atoms with E-state index >= 15 is 0 Å². The van der Waals surface area contributed by atoms with Crippen LogP contribution in [0.2, 0.25) is 0 Å². The molecule has 0 aliphatic carbocycles. The molecule has 2 fully saturated rings. The van der Waals surface area contributed by atoms with Crippen LogP contribution in [0.3, 0.4) is 0 Å². The monoisotopic (exact) mass is 462 g/mol. The van der Waals surface area contributed by atoms with Gasteiger partial charge in [0.2, 0.25) is 5.91 Å². The standard InChI is InChI=1S/C25H30N6O3/c1-17-9-11-28(12-10-17)21-7-8-22(27-26-21)29-13-15-30(16-14-29)23(32)18(2)31-24(33)19-5-3-4-6-20(19)25(31)34/h3-8,17-18H,9-16H2,1-2H3. The van der Waals surface area contributed by atoms with Crippen LogP contribution in [0.5, 0.6) is 0 Å². The zero-order chi connectivity index (χ0) is 23.8. The molecule has 1 unspecified atom stereocenters. The molecular weight excluding hydrogens is 432 g/mol. The van der Waals surface area contributed by atoms with Gasteiger partial charge < -0.3 is 14.7 Å². The van der Waals surface area contributed by atoms with Gasteiger partial charge in [-0.05, 0) is 49.9 Å². The van der Waals surface area contributed by atoms with E-state index in [0.29, 0.717) is 37.3 Å². The molecule has 4 heterocycles. The van der Waals surface area contributed by atoms with Crippen molar-refractivity contribution in [1.29, 1.82) is 0 Å². The van der Waals surface area contributed by atoms with E-state index < -0.39 is 17.9 Å². The number of fused-ring (bicyclic) bond motifs is 1. The van der Waals surface area contributed by atoms with E-state index in [2.05, 4.69) is 26.9 Å². The minimum atomic E-state index is -0.842. The van der Waals surface area contributed by atoms with Crippen molar-refractivity contribution in [3.63, 3.8) is 0 Å². The van der Waals surface area contributed by atoms with Crippen LogP contribution in [-0.4, -0.2) is 83.0 Å². The van der Waals surface area contributed by atoms with Gasteiger partial charge in [-0.2, -0.15) is 0 Å². The van der Waals surface area contributed by atoms with Crippen LogP contribution in [0.1, 0.15) is 47.4 Å². The largest absolute Gasteiger partial charge is 0.355 e. The molecule has 1 aromatic heterocycles. The number of hydrogen-bond donors (Lipinski definition) is 0. The van der Waals surface area contributed by atoms with Crippen LogP contribution in [-0.2, 0) is 4.79 Å². The van der Waals surface area contributed by atoms with Crippen LogP contribution in [0.15, 0.2) is 36.4 Å². The van der Waals surface area contributed by atoms with Crippen molar-refractivity contribution >= 4 is 29.4 Å².